The third-order valence-electron chi connectivity index (χ3n) is 4.41. The Labute approximate surface area is 176 Å². The van der Waals surface area contributed by atoms with Gasteiger partial charge in [0.2, 0.25) is 0 Å². The van der Waals surface area contributed by atoms with Crippen molar-refractivity contribution in [2.24, 2.45) is 11.7 Å². The first-order valence-electron chi connectivity index (χ1n) is 8.28. The zero-order valence-corrected chi connectivity index (χ0v) is 17.5. The second-order valence-corrected chi connectivity index (χ2v) is 8.73. The average Bonchev–Trinajstić information content (AvgIpc) is 2.93. The first-order chi connectivity index (χ1) is 12.8. The Morgan fingerprint density at radius 1 is 1.33 bits per heavy atom. The number of nitrogens with two attached hydrogens (primary N) is 1. The molecule has 1 heterocycles. The molecule has 0 bridgehead atoms. The second kappa shape index (κ2) is 8.14. The van der Waals surface area contributed by atoms with Gasteiger partial charge in [0.1, 0.15) is 5.00 Å². The molecular weight excluding hydrogens is 425 g/mol. The summed E-state index contributed by atoms with van der Waals surface area (Å²) in [5.41, 5.74) is 7.24. The normalized spacial score (nSPS) is 15.7. The molecule has 0 radical (unpaired) electrons. The highest BCUT2D eigenvalue weighted by atomic mass is 35.5. The van der Waals surface area contributed by atoms with E-state index in [0.29, 0.717) is 16.5 Å². The van der Waals surface area contributed by atoms with E-state index >= 15 is 0 Å². The van der Waals surface area contributed by atoms with Gasteiger partial charge >= 0.3 is 0 Å². The van der Waals surface area contributed by atoms with Crippen LogP contribution in [-0.4, -0.2) is 16.9 Å². The number of rotatable bonds is 3. The van der Waals surface area contributed by atoms with Crippen LogP contribution in [0.25, 0.3) is 0 Å². The van der Waals surface area contributed by atoms with Crippen LogP contribution >= 0.6 is 46.8 Å². The van der Waals surface area contributed by atoms with Crippen LogP contribution in [0.5, 0.6) is 0 Å². The molecule has 2 amide bonds. The molecule has 0 unspecified atom stereocenters. The number of anilines is 1. The molecule has 1 aliphatic rings. The van der Waals surface area contributed by atoms with Crippen molar-refractivity contribution in [3.8, 4) is 0 Å². The Hall–Kier alpha value is -1.67. The zero-order chi connectivity index (χ0) is 19.7. The number of primary amides is 1. The molecule has 27 heavy (non-hydrogen) atoms. The molecule has 1 atom stereocenters. The Morgan fingerprint density at radius 2 is 2.07 bits per heavy atom. The van der Waals surface area contributed by atoms with Crippen molar-refractivity contribution >= 4 is 68.7 Å². The van der Waals surface area contributed by atoms with Gasteiger partial charge in [-0.05, 0) is 55.1 Å². The van der Waals surface area contributed by atoms with E-state index in [9.17, 15) is 9.59 Å². The molecule has 0 fully saturated rings. The summed E-state index contributed by atoms with van der Waals surface area (Å²) in [5.74, 6) is -0.437. The van der Waals surface area contributed by atoms with Crippen molar-refractivity contribution in [1.82, 2.24) is 5.32 Å². The number of hydrogen-bond donors (Lipinski definition) is 3. The highest BCUT2D eigenvalue weighted by Gasteiger charge is 2.27. The van der Waals surface area contributed by atoms with Crippen molar-refractivity contribution in [3.05, 3.63) is 49.8 Å². The number of benzene rings is 1. The topological polar surface area (TPSA) is 84.2 Å². The van der Waals surface area contributed by atoms with E-state index in [-0.39, 0.29) is 20.7 Å². The Bertz CT molecular complexity index is 943. The zero-order valence-electron chi connectivity index (χ0n) is 14.4. The van der Waals surface area contributed by atoms with Gasteiger partial charge in [-0.1, -0.05) is 36.2 Å². The molecule has 1 aliphatic carbocycles. The fourth-order valence-electron chi connectivity index (χ4n) is 3.08. The summed E-state index contributed by atoms with van der Waals surface area (Å²) in [6, 6.07) is 4.76. The van der Waals surface area contributed by atoms with Crippen LogP contribution in [0.2, 0.25) is 10.0 Å². The minimum atomic E-state index is -0.503. The predicted molar refractivity (Wildman–Crippen MR) is 114 cm³/mol. The van der Waals surface area contributed by atoms with E-state index in [0.717, 1.165) is 29.7 Å². The Morgan fingerprint density at radius 3 is 2.78 bits per heavy atom. The van der Waals surface area contributed by atoms with Crippen molar-refractivity contribution in [2.45, 2.75) is 26.2 Å². The van der Waals surface area contributed by atoms with Crippen LogP contribution in [0.3, 0.4) is 0 Å². The molecule has 0 spiro atoms. The van der Waals surface area contributed by atoms with E-state index in [1.54, 1.807) is 18.2 Å². The number of thiocarbonyl (C=S) groups is 1. The van der Waals surface area contributed by atoms with Gasteiger partial charge in [-0.3, -0.25) is 14.9 Å². The summed E-state index contributed by atoms with van der Waals surface area (Å²) in [6.45, 7) is 2.18. The minimum Gasteiger partial charge on any atom is -0.365 e. The molecule has 0 aliphatic heterocycles. The fourth-order valence-corrected chi connectivity index (χ4v) is 5.15. The first kappa shape index (κ1) is 20.1. The maximum Gasteiger partial charge on any atom is 0.258 e. The summed E-state index contributed by atoms with van der Waals surface area (Å²) in [6.07, 6.45) is 2.72. The summed E-state index contributed by atoms with van der Waals surface area (Å²) < 4.78 is 0. The van der Waals surface area contributed by atoms with E-state index in [1.165, 1.54) is 11.3 Å². The number of amides is 2. The van der Waals surface area contributed by atoms with Gasteiger partial charge in [-0.25, -0.2) is 0 Å². The standard InChI is InChI=1S/C18H17Cl2N3O2S2/c1-8-5-6-9-12(7-8)27-17(13(9)15(21)24)23-18(26)22-16(25)10-3-2-4-11(19)14(10)20/h2-4,8H,5-7H2,1H3,(H2,21,24)(H2,22,23,25,26)/t8-/m1/s1. The lowest BCUT2D eigenvalue weighted by molar-refractivity contribution is 0.0975. The van der Waals surface area contributed by atoms with E-state index < -0.39 is 11.8 Å². The van der Waals surface area contributed by atoms with Crippen molar-refractivity contribution < 1.29 is 9.59 Å². The van der Waals surface area contributed by atoms with Gasteiger partial charge in [0.05, 0.1) is 21.2 Å². The van der Waals surface area contributed by atoms with Crippen LogP contribution in [0, 0.1) is 5.92 Å². The van der Waals surface area contributed by atoms with Crippen LogP contribution in [-0.2, 0) is 12.8 Å². The van der Waals surface area contributed by atoms with E-state index in [1.807, 2.05) is 0 Å². The van der Waals surface area contributed by atoms with Gasteiger partial charge < -0.3 is 11.1 Å². The van der Waals surface area contributed by atoms with Crippen LogP contribution < -0.4 is 16.4 Å². The number of thiophene rings is 1. The number of nitrogens with one attached hydrogen (secondary N) is 2. The van der Waals surface area contributed by atoms with E-state index in [2.05, 4.69) is 17.6 Å². The highest BCUT2D eigenvalue weighted by molar-refractivity contribution is 7.80. The van der Waals surface area contributed by atoms with Crippen molar-refractivity contribution in [2.75, 3.05) is 5.32 Å². The maximum absolute atomic E-state index is 12.4. The molecule has 1 aromatic carbocycles. The Balaban J connectivity index is 1.79. The fraction of sp³-hybridized carbons (Fsp3) is 0.278. The summed E-state index contributed by atoms with van der Waals surface area (Å²) in [7, 11) is 0. The largest absolute Gasteiger partial charge is 0.365 e. The molecule has 3 rings (SSSR count). The van der Waals surface area contributed by atoms with Gasteiger partial charge in [0, 0.05) is 4.88 Å². The predicted octanol–water partition coefficient (Wildman–Crippen LogP) is 4.41. The van der Waals surface area contributed by atoms with Gasteiger partial charge in [0.15, 0.2) is 5.11 Å². The smallest absolute Gasteiger partial charge is 0.258 e. The molecule has 9 heteroatoms. The lowest BCUT2D eigenvalue weighted by Crippen LogP contribution is -2.34. The number of carbonyl (C=O) groups is 2. The number of carbonyl (C=O) groups excluding carboxylic acids is 2. The molecule has 0 saturated carbocycles. The number of hydrogen-bond acceptors (Lipinski definition) is 4. The lowest BCUT2D eigenvalue weighted by Gasteiger charge is -2.18. The van der Waals surface area contributed by atoms with Crippen molar-refractivity contribution in [3.63, 3.8) is 0 Å². The molecule has 2 aromatic rings. The summed E-state index contributed by atoms with van der Waals surface area (Å²) >= 11 is 18.7. The average molecular weight is 442 g/mol. The number of halogens is 2. The molecule has 142 valence electrons. The molecule has 4 N–H and O–H groups in total. The summed E-state index contributed by atoms with van der Waals surface area (Å²) in [5, 5.41) is 6.55. The van der Waals surface area contributed by atoms with Crippen molar-refractivity contribution in [1.29, 1.82) is 0 Å². The molecule has 5 nitrogen and oxygen atoms in total. The summed E-state index contributed by atoms with van der Waals surface area (Å²) in [4.78, 5) is 25.5. The van der Waals surface area contributed by atoms with Crippen LogP contribution in [0.15, 0.2) is 18.2 Å². The number of fused-ring (bicyclic) bond motifs is 1. The van der Waals surface area contributed by atoms with Gasteiger partial charge in [0.25, 0.3) is 11.8 Å². The lowest BCUT2D eigenvalue weighted by atomic mass is 9.88. The maximum atomic E-state index is 12.4. The second-order valence-electron chi connectivity index (χ2n) is 6.43. The third kappa shape index (κ3) is 4.27. The minimum absolute atomic E-state index is 0.0604. The van der Waals surface area contributed by atoms with E-state index in [4.69, 9.17) is 41.2 Å². The van der Waals surface area contributed by atoms with Gasteiger partial charge in [-0.15, -0.1) is 11.3 Å². The molecule has 1 aromatic heterocycles. The third-order valence-corrected chi connectivity index (χ3v) is 6.60. The highest BCUT2D eigenvalue weighted by Crippen LogP contribution is 2.39. The van der Waals surface area contributed by atoms with Gasteiger partial charge in [-0.2, -0.15) is 0 Å². The van der Waals surface area contributed by atoms with Crippen LogP contribution in [0.4, 0.5) is 5.00 Å². The van der Waals surface area contributed by atoms with Crippen LogP contribution in [0.1, 0.15) is 44.5 Å². The molecular formula is C18H17Cl2N3O2S2. The molecule has 0 saturated heterocycles. The first-order valence-corrected chi connectivity index (χ1v) is 10.3. The SMILES string of the molecule is C[C@@H]1CCc2c(sc(NC(=S)NC(=O)c3cccc(Cl)c3Cl)c2C(N)=O)C1. The Kier molecular flexibility index (Phi) is 6.05. The quantitative estimate of drug-likeness (QED) is 0.615. The monoisotopic (exact) mass is 441 g/mol.